The fourth-order valence-electron chi connectivity index (χ4n) is 9.68. The van der Waals surface area contributed by atoms with E-state index in [2.05, 4.69) is 53.2 Å². The van der Waals surface area contributed by atoms with Crippen molar-refractivity contribution in [1.29, 1.82) is 0 Å². The van der Waals surface area contributed by atoms with Crippen LogP contribution in [-0.2, 0) is 100 Å². The number of hydrogen-bond donors (Lipinski definition) is 10. The molecule has 0 spiro atoms. The van der Waals surface area contributed by atoms with Gasteiger partial charge in [0.25, 0.3) is 0 Å². The van der Waals surface area contributed by atoms with E-state index in [1.165, 1.54) is 26.0 Å². The highest BCUT2D eigenvalue weighted by molar-refractivity contribution is 6.00. The Morgan fingerprint density at radius 2 is 0.631 bits per heavy atom. The number of ether oxygens (including phenoxy) is 9. The maximum Gasteiger partial charge on any atom is 0.408 e. The van der Waals surface area contributed by atoms with E-state index in [-0.39, 0.29) is 18.6 Å². The Labute approximate surface area is 655 Å². The fraction of sp³-hybridized carbons (Fsp3) is 0.744. The van der Waals surface area contributed by atoms with Gasteiger partial charge in [-0.25, -0.2) is 9.59 Å². The van der Waals surface area contributed by atoms with E-state index in [0.717, 1.165) is 0 Å². The van der Waals surface area contributed by atoms with E-state index >= 15 is 9.59 Å². The summed E-state index contributed by atoms with van der Waals surface area (Å²) >= 11 is 0. The molecule has 0 saturated carbocycles. The third-order valence-corrected chi connectivity index (χ3v) is 14.6. The molecule has 0 aliphatic heterocycles. The summed E-state index contributed by atoms with van der Waals surface area (Å²) in [4.78, 5) is 198. The summed E-state index contributed by atoms with van der Waals surface area (Å²) in [7, 11) is 0. The van der Waals surface area contributed by atoms with Crippen molar-refractivity contribution in [3.05, 3.63) is 30.3 Å². The molecule has 1 rings (SSSR count). The molecule has 0 saturated heterocycles. The number of nitrogens with one attached hydrogen (secondary N) is 10. The maximum atomic E-state index is 15.1. The van der Waals surface area contributed by atoms with Gasteiger partial charge in [0.2, 0.25) is 53.2 Å². The summed E-state index contributed by atoms with van der Waals surface area (Å²) < 4.78 is 51.6. The topological polar surface area (TPSA) is 442 Å². The van der Waals surface area contributed by atoms with Gasteiger partial charge in [-0.1, -0.05) is 45.9 Å². The van der Waals surface area contributed by atoms with Crippen LogP contribution in [0.4, 0.5) is 4.79 Å². The SMILES string of the molecule is CC(C)[C@H](NC(=O)[C@H](C)NC(=O)[C@H](CC(=O)OC(C)(C)C)NC(=O)[C@H](COC(C)(C)C)NC(=O)OC(C)(C)C)C(=O)N[C@H](C(=O)N[C@@H](CC(=O)OC(C)(C)C)C(=O)N[C@H](C(=O)N[C@@H](COC(C)(C)C)C(=O)N[C@@H](COC(C)(C)C)C(=O)N[C@@H](CCC(=O)OC(C)(C)C)C(=O)Oc1ccccc1)[C@@H](C)OC(C)(C)C)C(C)C. The van der Waals surface area contributed by atoms with Crippen LogP contribution in [0.25, 0.3) is 0 Å². The molecule has 0 bridgehead atoms. The lowest BCUT2D eigenvalue weighted by molar-refractivity contribution is -0.157. The third kappa shape index (κ3) is 43.7. The zero-order valence-corrected chi connectivity index (χ0v) is 71.2. The number of para-hydroxylation sites is 1. The summed E-state index contributed by atoms with van der Waals surface area (Å²) in [5.74, 6) is -14.1. The smallest absolute Gasteiger partial charge is 0.408 e. The number of benzene rings is 1. The Balaban J connectivity index is 3.90. The standard InChI is InChI=1S/C78H132N10O23/c1-43(2)57(87-67(99)58(44(3)4)86-60(92)45(5)79-61(93)49(38-55(90)109-76(22,23)24)81-65(97)53(42-105-73(13,14)15)85-70(102)111-78(28,29)30)66(98)82-50(39-56(91)110-77(25,26)27)62(94)88-59(46(6)107-74(16,17)18)68(100)84-52(41-104-72(10,11)12)64(96)83-51(40-103-71(7,8)9)63(95)80-48(36-37-54(89)108-75(19,20)21)69(101)106-47-34-32-31-33-35-47/h31-35,43-46,48-53,57-59H,36-42H2,1-30H3,(H,79,93)(H,80,95)(H,81,97)(H,82,98)(H,83,96)(H,84,100)(H,85,102)(H,86,92)(H,87,99)(H,88,94)/t45-,46+,48-,49-,50-,51-,52-,53-,57-,58-,59-/m0/s1. The molecule has 0 radical (unpaired) electrons. The van der Waals surface area contributed by atoms with Crippen LogP contribution in [0.1, 0.15) is 233 Å². The van der Waals surface area contributed by atoms with Crippen molar-refractivity contribution < 1.29 is 110 Å². The Morgan fingerprint density at radius 1 is 0.315 bits per heavy atom. The molecule has 0 unspecified atom stereocenters. The summed E-state index contributed by atoms with van der Waals surface area (Å²) in [5, 5.41) is 25.5. The van der Waals surface area contributed by atoms with E-state index in [0.29, 0.717) is 0 Å². The Hall–Kier alpha value is -8.56. The zero-order chi connectivity index (χ0) is 86.1. The molecule has 111 heavy (non-hydrogen) atoms. The summed E-state index contributed by atoms with van der Waals surface area (Å²) in [6, 6.07) is -8.17. The minimum absolute atomic E-state index is 0.130. The summed E-state index contributed by atoms with van der Waals surface area (Å²) in [6.45, 7) is 46.9. The van der Waals surface area contributed by atoms with Crippen molar-refractivity contribution in [2.75, 3.05) is 19.8 Å². The second kappa shape index (κ2) is 42.9. The van der Waals surface area contributed by atoms with Gasteiger partial charge in [-0.05, 0) is 210 Å². The molecule has 33 nitrogen and oxygen atoms in total. The third-order valence-electron chi connectivity index (χ3n) is 14.6. The maximum absolute atomic E-state index is 15.1. The van der Waals surface area contributed by atoms with Crippen LogP contribution >= 0.6 is 0 Å². The second-order valence-corrected chi connectivity index (χ2v) is 35.8. The molecule has 1 aromatic carbocycles. The van der Waals surface area contributed by atoms with E-state index in [9.17, 15) is 57.5 Å². The molecule has 0 fully saturated rings. The summed E-state index contributed by atoms with van der Waals surface area (Å²) in [5.41, 5.74) is -7.73. The van der Waals surface area contributed by atoms with Crippen LogP contribution in [0.15, 0.2) is 30.3 Å². The highest BCUT2D eigenvalue weighted by Gasteiger charge is 2.42. The number of rotatable bonds is 38. The molecule has 0 heterocycles. The van der Waals surface area contributed by atoms with Gasteiger partial charge in [0, 0.05) is 6.42 Å². The van der Waals surface area contributed by atoms with Crippen molar-refractivity contribution in [2.24, 2.45) is 11.8 Å². The van der Waals surface area contributed by atoms with Gasteiger partial charge in [-0.3, -0.25) is 57.5 Å². The normalized spacial score (nSPS) is 15.4. The predicted molar refractivity (Wildman–Crippen MR) is 411 cm³/mol. The first-order chi connectivity index (χ1) is 50.2. The van der Waals surface area contributed by atoms with E-state index in [4.69, 9.17) is 42.6 Å². The van der Waals surface area contributed by atoms with Crippen LogP contribution in [-0.4, -0.2) is 214 Å². The Morgan fingerprint density at radius 3 is 1.02 bits per heavy atom. The molecule has 33 heteroatoms. The van der Waals surface area contributed by atoms with Crippen molar-refractivity contribution >= 4 is 83.1 Å². The Kier molecular flexibility index (Phi) is 38.8. The molecular formula is C78H132N10O23. The molecule has 10 N–H and O–H groups in total. The number of carbonyl (C=O) groups is 14. The second-order valence-electron chi connectivity index (χ2n) is 35.8. The van der Waals surface area contributed by atoms with Crippen LogP contribution in [0.3, 0.4) is 0 Å². The minimum Gasteiger partial charge on any atom is -0.460 e. The van der Waals surface area contributed by atoms with Gasteiger partial charge in [-0.2, -0.15) is 0 Å². The number of carbonyl (C=O) groups excluding carboxylic acids is 14. The lowest BCUT2D eigenvalue weighted by atomic mass is 9.98. The van der Waals surface area contributed by atoms with Gasteiger partial charge >= 0.3 is 30.0 Å². The lowest BCUT2D eigenvalue weighted by Gasteiger charge is -2.33. The molecule has 0 aliphatic carbocycles. The van der Waals surface area contributed by atoms with Crippen LogP contribution in [0.2, 0.25) is 0 Å². The van der Waals surface area contributed by atoms with E-state index in [1.54, 1.807) is 212 Å². The van der Waals surface area contributed by atoms with E-state index in [1.807, 2.05) is 0 Å². The average Bonchev–Trinajstić information content (AvgIpc) is 0.831. The fourth-order valence-corrected chi connectivity index (χ4v) is 9.68. The monoisotopic (exact) mass is 1580 g/mol. The summed E-state index contributed by atoms with van der Waals surface area (Å²) in [6.07, 6.45) is -4.53. The molecular weight excluding hydrogens is 1440 g/mol. The first-order valence-electron chi connectivity index (χ1n) is 37.5. The molecule has 1 aromatic rings. The molecule has 11 atom stereocenters. The first-order valence-corrected chi connectivity index (χ1v) is 37.5. The van der Waals surface area contributed by atoms with E-state index < -0.39 is 239 Å². The predicted octanol–water partition coefficient (Wildman–Crippen LogP) is 5.41. The molecule has 10 amide bonds. The number of esters is 4. The number of alkyl carbamates (subject to hydrolysis) is 1. The first kappa shape index (κ1) is 100. The highest BCUT2D eigenvalue weighted by Crippen LogP contribution is 2.21. The van der Waals surface area contributed by atoms with Gasteiger partial charge in [0.15, 0.2) is 0 Å². The molecule has 0 aromatic heterocycles. The highest BCUT2D eigenvalue weighted by atomic mass is 16.6. The van der Waals surface area contributed by atoms with Crippen molar-refractivity contribution in [1.82, 2.24) is 53.2 Å². The molecule has 632 valence electrons. The lowest BCUT2D eigenvalue weighted by Crippen LogP contribution is -2.64. The van der Waals surface area contributed by atoms with Crippen molar-refractivity contribution in [3.8, 4) is 5.75 Å². The average molecular weight is 1580 g/mol. The van der Waals surface area contributed by atoms with Crippen molar-refractivity contribution in [2.45, 2.75) is 345 Å². The van der Waals surface area contributed by atoms with Gasteiger partial charge in [0.05, 0.1) is 61.2 Å². The van der Waals surface area contributed by atoms with Gasteiger partial charge in [-0.15, -0.1) is 0 Å². The Bertz CT molecular complexity index is 3310. The zero-order valence-electron chi connectivity index (χ0n) is 71.2. The van der Waals surface area contributed by atoms with Crippen LogP contribution in [0, 0.1) is 11.8 Å². The number of hydrogen-bond acceptors (Lipinski definition) is 23. The van der Waals surface area contributed by atoms with Crippen LogP contribution in [0.5, 0.6) is 5.75 Å². The quantitative estimate of drug-likeness (QED) is 0.0224. The minimum atomic E-state index is -1.89. The largest absolute Gasteiger partial charge is 0.460 e. The van der Waals surface area contributed by atoms with Crippen molar-refractivity contribution in [3.63, 3.8) is 0 Å². The van der Waals surface area contributed by atoms with Crippen LogP contribution < -0.4 is 57.9 Å². The van der Waals surface area contributed by atoms with Gasteiger partial charge in [0.1, 0.15) is 88.6 Å². The number of amides is 10. The van der Waals surface area contributed by atoms with Gasteiger partial charge < -0.3 is 95.8 Å². The molecule has 0 aliphatic rings.